The van der Waals surface area contributed by atoms with Gasteiger partial charge in [0, 0.05) is 18.1 Å². The van der Waals surface area contributed by atoms with Gasteiger partial charge in [-0.25, -0.2) is 0 Å². The van der Waals surface area contributed by atoms with E-state index < -0.39 is 0 Å². The van der Waals surface area contributed by atoms with Crippen molar-refractivity contribution in [3.63, 3.8) is 0 Å². The van der Waals surface area contributed by atoms with Crippen molar-refractivity contribution in [2.24, 2.45) is 4.99 Å². The van der Waals surface area contributed by atoms with Gasteiger partial charge in [-0.3, -0.25) is 4.99 Å². The van der Waals surface area contributed by atoms with Gasteiger partial charge in [0.1, 0.15) is 0 Å². The number of likely N-dealkylation sites (N-methyl/N-ethyl adjacent to an activating group) is 1. The van der Waals surface area contributed by atoms with E-state index in [1.807, 2.05) is 0 Å². The van der Waals surface area contributed by atoms with Crippen molar-refractivity contribution in [1.82, 2.24) is 15.5 Å². The fourth-order valence-corrected chi connectivity index (χ4v) is 2.16. The van der Waals surface area contributed by atoms with E-state index in [0.29, 0.717) is 6.04 Å². The van der Waals surface area contributed by atoms with E-state index in [1.54, 1.807) is 0 Å². The molecule has 1 atom stereocenters. The molecule has 23 heavy (non-hydrogen) atoms. The van der Waals surface area contributed by atoms with Crippen LogP contribution >= 0.6 is 24.0 Å². The van der Waals surface area contributed by atoms with Gasteiger partial charge < -0.3 is 15.5 Å². The van der Waals surface area contributed by atoms with Crippen molar-refractivity contribution in [3.05, 3.63) is 35.9 Å². The van der Waals surface area contributed by atoms with Gasteiger partial charge in [-0.15, -0.1) is 24.0 Å². The molecule has 1 aromatic rings. The minimum Gasteiger partial charge on any atom is -0.357 e. The van der Waals surface area contributed by atoms with Gasteiger partial charge in [0.25, 0.3) is 0 Å². The van der Waals surface area contributed by atoms with Crippen LogP contribution in [0.5, 0.6) is 0 Å². The third-order valence-electron chi connectivity index (χ3n) is 3.34. The minimum atomic E-state index is 0. The minimum absolute atomic E-state index is 0. The molecule has 0 aromatic heterocycles. The average Bonchev–Trinajstić information content (AvgIpc) is 2.42. The summed E-state index contributed by atoms with van der Waals surface area (Å²) in [5, 5.41) is 6.75. The highest BCUT2D eigenvalue weighted by Gasteiger charge is 2.15. The summed E-state index contributed by atoms with van der Waals surface area (Å²) in [5.41, 5.74) is 1.36. The number of guanidine groups is 1. The molecule has 132 valence electrons. The van der Waals surface area contributed by atoms with E-state index in [9.17, 15) is 0 Å². The Labute approximate surface area is 159 Å². The van der Waals surface area contributed by atoms with Crippen LogP contribution in [0.2, 0.25) is 0 Å². The molecule has 0 heterocycles. The maximum absolute atomic E-state index is 4.77. The van der Waals surface area contributed by atoms with Crippen molar-refractivity contribution in [2.45, 2.75) is 45.7 Å². The zero-order valence-corrected chi connectivity index (χ0v) is 17.7. The highest BCUT2D eigenvalue weighted by Crippen LogP contribution is 2.07. The summed E-state index contributed by atoms with van der Waals surface area (Å²) < 4.78 is 0. The second kappa shape index (κ2) is 10.9. The van der Waals surface area contributed by atoms with Crippen molar-refractivity contribution < 1.29 is 0 Å². The predicted octanol–water partition coefficient (Wildman–Crippen LogP) is 3.13. The Morgan fingerprint density at radius 3 is 2.26 bits per heavy atom. The Bertz CT molecular complexity index is 452. The Morgan fingerprint density at radius 2 is 1.78 bits per heavy atom. The van der Waals surface area contributed by atoms with E-state index >= 15 is 0 Å². The maximum Gasteiger partial charge on any atom is 0.191 e. The third kappa shape index (κ3) is 9.81. The number of rotatable bonds is 6. The Hall–Kier alpha value is -0.820. The molecule has 0 radical (unpaired) electrons. The number of halogens is 1. The van der Waals surface area contributed by atoms with Crippen LogP contribution in [-0.2, 0) is 6.42 Å². The van der Waals surface area contributed by atoms with Gasteiger partial charge in [0.05, 0.1) is 6.54 Å². The number of nitrogens with one attached hydrogen (secondary N) is 2. The fraction of sp³-hybridized carbons (Fsp3) is 0.611. The summed E-state index contributed by atoms with van der Waals surface area (Å²) in [7, 11) is 4.24. The number of hydrogen-bond acceptors (Lipinski definition) is 2. The van der Waals surface area contributed by atoms with Gasteiger partial charge in [0.15, 0.2) is 5.96 Å². The Morgan fingerprint density at radius 1 is 1.17 bits per heavy atom. The van der Waals surface area contributed by atoms with Crippen LogP contribution in [0.25, 0.3) is 0 Å². The number of benzene rings is 1. The molecule has 0 saturated carbocycles. The lowest BCUT2D eigenvalue weighted by Crippen LogP contribution is -2.48. The molecule has 0 amide bonds. The molecule has 0 spiro atoms. The molecular weight excluding hydrogens is 399 g/mol. The largest absolute Gasteiger partial charge is 0.357 e. The zero-order valence-electron chi connectivity index (χ0n) is 15.4. The summed E-state index contributed by atoms with van der Waals surface area (Å²) in [6.07, 6.45) is 1.01. The molecule has 0 saturated heterocycles. The molecule has 1 aromatic carbocycles. The monoisotopic (exact) mass is 432 g/mol. The number of nitrogens with zero attached hydrogens (tertiary/aromatic N) is 2. The molecule has 0 bridgehead atoms. The predicted molar refractivity (Wildman–Crippen MR) is 112 cm³/mol. The third-order valence-corrected chi connectivity index (χ3v) is 3.34. The smallest absolute Gasteiger partial charge is 0.191 e. The van der Waals surface area contributed by atoms with Gasteiger partial charge in [0.2, 0.25) is 0 Å². The second-order valence-electron chi connectivity index (χ2n) is 6.90. The summed E-state index contributed by atoms with van der Waals surface area (Å²) in [4.78, 5) is 7.02. The Balaban J connectivity index is 0.00000484. The number of hydrogen-bond donors (Lipinski definition) is 2. The summed E-state index contributed by atoms with van der Waals surface area (Å²) in [5.74, 6) is 0.884. The quantitative estimate of drug-likeness (QED) is 0.412. The van der Waals surface area contributed by atoms with Crippen LogP contribution in [0.3, 0.4) is 0 Å². The van der Waals surface area contributed by atoms with Crippen molar-refractivity contribution in [3.8, 4) is 0 Å². The van der Waals surface area contributed by atoms with Crippen molar-refractivity contribution in [2.75, 3.05) is 27.2 Å². The van der Waals surface area contributed by atoms with E-state index in [0.717, 1.165) is 25.5 Å². The second-order valence-corrected chi connectivity index (χ2v) is 6.90. The highest BCUT2D eigenvalue weighted by molar-refractivity contribution is 14.0. The molecule has 4 nitrogen and oxygen atoms in total. The molecule has 2 N–H and O–H groups in total. The molecular formula is C18H33IN4. The van der Waals surface area contributed by atoms with E-state index in [2.05, 4.69) is 87.7 Å². The lowest BCUT2D eigenvalue weighted by Gasteiger charge is -2.26. The fourth-order valence-electron chi connectivity index (χ4n) is 2.16. The average molecular weight is 432 g/mol. The highest BCUT2D eigenvalue weighted by atomic mass is 127. The maximum atomic E-state index is 4.77. The first-order chi connectivity index (χ1) is 10.3. The first-order valence-corrected chi connectivity index (χ1v) is 8.08. The van der Waals surface area contributed by atoms with Crippen LogP contribution in [0.4, 0.5) is 0 Å². The lowest BCUT2D eigenvalue weighted by molar-refractivity contribution is 0.298. The molecule has 1 rings (SSSR count). The molecule has 0 aliphatic heterocycles. The molecule has 5 heteroatoms. The van der Waals surface area contributed by atoms with Crippen LogP contribution in [0, 0.1) is 0 Å². The summed E-state index contributed by atoms with van der Waals surface area (Å²) >= 11 is 0. The number of aliphatic imine (C=N–C) groups is 1. The van der Waals surface area contributed by atoms with E-state index in [4.69, 9.17) is 4.99 Å². The Kier molecular flexibility index (Phi) is 10.5. The van der Waals surface area contributed by atoms with Gasteiger partial charge in [-0.2, -0.15) is 0 Å². The summed E-state index contributed by atoms with van der Waals surface area (Å²) in [6.45, 7) is 10.2. The SMILES string of the molecule is CCNC(=NCC(Cc1ccccc1)N(C)C)NC(C)(C)C.I. The normalized spacial score (nSPS) is 13.4. The van der Waals surface area contributed by atoms with Crippen molar-refractivity contribution in [1.29, 1.82) is 0 Å². The van der Waals surface area contributed by atoms with Crippen LogP contribution < -0.4 is 10.6 Å². The molecule has 0 aliphatic carbocycles. The topological polar surface area (TPSA) is 39.7 Å². The van der Waals surface area contributed by atoms with E-state index in [-0.39, 0.29) is 29.5 Å². The first kappa shape index (κ1) is 22.2. The van der Waals surface area contributed by atoms with Gasteiger partial charge in [-0.05, 0) is 53.8 Å². The van der Waals surface area contributed by atoms with Crippen molar-refractivity contribution >= 4 is 29.9 Å². The van der Waals surface area contributed by atoms with Crippen LogP contribution in [0.15, 0.2) is 35.3 Å². The first-order valence-electron chi connectivity index (χ1n) is 8.08. The molecule has 0 fully saturated rings. The van der Waals surface area contributed by atoms with Gasteiger partial charge >= 0.3 is 0 Å². The lowest BCUT2D eigenvalue weighted by atomic mass is 10.1. The standard InChI is InChI=1S/C18H32N4.HI/c1-7-19-17(21-18(2,3)4)20-14-16(22(5)6)13-15-11-9-8-10-12-15;/h8-12,16H,7,13-14H2,1-6H3,(H2,19,20,21);1H. The zero-order chi connectivity index (χ0) is 16.6. The molecule has 1 unspecified atom stereocenters. The van der Waals surface area contributed by atoms with Crippen LogP contribution in [0.1, 0.15) is 33.3 Å². The van der Waals surface area contributed by atoms with Crippen LogP contribution in [-0.4, -0.2) is 49.6 Å². The molecule has 0 aliphatic rings. The van der Waals surface area contributed by atoms with Gasteiger partial charge in [-0.1, -0.05) is 30.3 Å². The summed E-state index contributed by atoms with van der Waals surface area (Å²) in [6, 6.07) is 11.0. The van der Waals surface area contributed by atoms with E-state index in [1.165, 1.54) is 5.56 Å².